The second-order valence-corrected chi connectivity index (χ2v) is 3.01. The second kappa shape index (κ2) is 2.53. The normalized spacial score (nSPS) is 16.0. The molecule has 2 nitrogen and oxygen atoms in total. The van der Waals surface area contributed by atoms with Crippen LogP contribution in [0.15, 0.2) is 17.1 Å². The summed E-state index contributed by atoms with van der Waals surface area (Å²) in [6.07, 6.45) is 6.14. The molecule has 11 heavy (non-hydrogen) atoms. The van der Waals surface area contributed by atoms with Crippen molar-refractivity contribution >= 4 is 0 Å². The van der Waals surface area contributed by atoms with Crippen molar-refractivity contribution in [1.82, 2.24) is 4.98 Å². The Labute approximate surface area is 65.3 Å². The Kier molecular flexibility index (Phi) is 1.53. The van der Waals surface area contributed by atoms with E-state index >= 15 is 0 Å². The summed E-state index contributed by atoms with van der Waals surface area (Å²) in [5.41, 5.74) is 2.38. The van der Waals surface area contributed by atoms with Gasteiger partial charge in [-0.2, -0.15) is 0 Å². The Morgan fingerprint density at radius 1 is 1.27 bits per heavy atom. The van der Waals surface area contributed by atoms with Crippen LogP contribution in [-0.4, -0.2) is 4.98 Å². The summed E-state index contributed by atoms with van der Waals surface area (Å²) in [5.74, 6) is 0. The van der Waals surface area contributed by atoms with E-state index in [1.54, 1.807) is 12.3 Å². The van der Waals surface area contributed by atoms with E-state index < -0.39 is 0 Å². The Hall–Kier alpha value is -1.05. The van der Waals surface area contributed by atoms with E-state index in [-0.39, 0.29) is 5.43 Å². The summed E-state index contributed by atoms with van der Waals surface area (Å²) in [7, 11) is 0. The van der Waals surface area contributed by atoms with Gasteiger partial charge in [0.15, 0.2) is 5.43 Å². The third-order valence-electron chi connectivity index (χ3n) is 2.26. The van der Waals surface area contributed by atoms with Gasteiger partial charge in [-0.05, 0) is 25.7 Å². The maximum Gasteiger partial charge on any atom is 0.184 e. The zero-order chi connectivity index (χ0) is 7.68. The molecule has 0 spiro atoms. The predicted molar refractivity (Wildman–Crippen MR) is 43.7 cm³/mol. The summed E-state index contributed by atoms with van der Waals surface area (Å²) in [4.78, 5) is 14.4. The van der Waals surface area contributed by atoms with Gasteiger partial charge in [-0.15, -0.1) is 0 Å². The third-order valence-corrected chi connectivity index (χ3v) is 2.26. The summed E-state index contributed by atoms with van der Waals surface area (Å²) >= 11 is 0. The van der Waals surface area contributed by atoms with Crippen LogP contribution < -0.4 is 5.43 Å². The zero-order valence-electron chi connectivity index (χ0n) is 6.39. The molecular weight excluding hydrogens is 138 g/mol. The Bertz CT molecular complexity index is 314. The van der Waals surface area contributed by atoms with Gasteiger partial charge in [-0.25, -0.2) is 0 Å². The molecule has 2 heteroatoms. The fourth-order valence-corrected chi connectivity index (χ4v) is 1.66. The lowest BCUT2D eigenvalue weighted by molar-refractivity contribution is 0.664. The van der Waals surface area contributed by atoms with Crippen molar-refractivity contribution in [3.8, 4) is 0 Å². The average molecular weight is 149 g/mol. The highest BCUT2D eigenvalue weighted by Crippen LogP contribution is 2.14. The molecule has 0 bridgehead atoms. The van der Waals surface area contributed by atoms with Gasteiger partial charge in [0.05, 0.1) is 0 Å². The van der Waals surface area contributed by atoms with E-state index in [2.05, 4.69) is 4.98 Å². The first-order chi connectivity index (χ1) is 5.38. The summed E-state index contributed by atoms with van der Waals surface area (Å²) in [6, 6.07) is 1.62. The van der Waals surface area contributed by atoms with Crippen LogP contribution in [0.2, 0.25) is 0 Å². The van der Waals surface area contributed by atoms with Crippen molar-refractivity contribution in [3.05, 3.63) is 33.7 Å². The van der Waals surface area contributed by atoms with Crippen molar-refractivity contribution in [2.75, 3.05) is 0 Å². The van der Waals surface area contributed by atoms with Crippen molar-refractivity contribution < 1.29 is 0 Å². The van der Waals surface area contributed by atoms with Gasteiger partial charge in [-0.3, -0.25) is 4.79 Å². The minimum absolute atomic E-state index is 0.207. The number of hydrogen-bond acceptors (Lipinski definition) is 1. The van der Waals surface area contributed by atoms with Crippen molar-refractivity contribution in [2.45, 2.75) is 25.7 Å². The van der Waals surface area contributed by atoms with Crippen LogP contribution in [0.1, 0.15) is 24.1 Å². The molecule has 0 unspecified atom stereocenters. The van der Waals surface area contributed by atoms with Gasteiger partial charge < -0.3 is 4.98 Å². The van der Waals surface area contributed by atoms with Crippen LogP contribution in [0.25, 0.3) is 0 Å². The van der Waals surface area contributed by atoms with Crippen molar-refractivity contribution in [2.24, 2.45) is 0 Å². The number of aromatic amines is 1. The molecule has 1 heterocycles. The maximum atomic E-state index is 11.2. The molecule has 0 aromatic carbocycles. The Morgan fingerprint density at radius 2 is 2.09 bits per heavy atom. The molecule has 0 atom stereocenters. The Morgan fingerprint density at radius 3 is 2.91 bits per heavy atom. The van der Waals surface area contributed by atoms with Crippen molar-refractivity contribution in [1.29, 1.82) is 0 Å². The highest BCUT2D eigenvalue weighted by molar-refractivity contribution is 5.22. The van der Waals surface area contributed by atoms with Crippen LogP contribution in [0.4, 0.5) is 0 Å². The van der Waals surface area contributed by atoms with E-state index in [1.165, 1.54) is 12.8 Å². The molecule has 1 aromatic rings. The molecule has 0 saturated heterocycles. The number of aromatic nitrogens is 1. The quantitative estimate of drug-likeness (QED) is 0.591. The fraction of sp³-hybridized carbons (Fsp3) is 0.444. The van der Waals surface area contributed by atoms with Crippen LogP contribution in [-0.2, 0) is 12.8 Å². The van der Waals surface area contributed by atoms with E-state index in [1.807, 2.05) is 0 Å². The monoisotopic (exact) mass is 149 g/mol. The summed E-state index contributed by atoms with van der Waals surface area (Å²) in [6.45, 7) is 0. The molecule has 0 amide bonds. The number of pyridine rings is 1. The molecular formula is C9H11NO. The average Bonchev–Trinajstić information content (AvgIpc) is 2.06. The highest BCUT2D eigenvalue weighted by atomic mass is 16.1. The van der Waals surface area contributed by atoms with Gasteiger partial charge in [0, 0.05) is 23.5 Å². The van der Waals surface area contributed by atoms with Gasteiger partial charge in [0.25, 0.3) is 0 Å². The Balaban J connectivity index is 2.58. The minimum atomic E-state index is 0.207. The fourth-order valence-electron chi connectivity index (χ4n) is 1.66. The number of hydrogen-bond donors (Lipinski definition) is 1. The first kappa shape index (κ1) is 6.65. The SMILES string of the molecule is O=c1cc[nH]c2c1CCCC2. The molecule has 0 fully saturated rings. The number of nitrogens with one attached hydrogen (secondary N) is 1. The highest BCUT2D eigenvalue weighted by Gasteiger charge is 2.10. The molecule has 58 valence electrons. The molecule has 1 aliphatic rings. The van der Waals surface area contributed by atoms with Gasteiger partial charge in [0.2, 0.25) is 0 Å². The number of aryl methyl sites for hydroxylation is 1. The summed E-state index contributed by atoms with van der Waals surface area (Å²) in [5, 5.41) is 0. The first-order valence-electron chi connectivity index (χ1n) is 4.07. The molecule has 1 aromatic heterocycles. The lowest BCUT2D eigenvalue weighted by Gasteiger charge is -2.12. The minimum Gasteiger partial charge on any atom is -0.365 e. The van der Waals surface area contributed by atoms with Crippen LogP contribution in [0, 0.1) is 0 Å². The molecule has 0 radical (unpaired) electrons. The maximum absolute atomic E-state index is 11.2. The molecule has 1 N–H and O–H groups in total. The molecule has 0 saturated carbocycles. The van der Waals surface area contributed by atoms with Crippen molar-refractivity contribution in [3.63, 3.8) is 0 Å². The molecule has 1 aliphatic carbocycles. The lowest BCUT2D eigenvalue weighted by Crippen LogP contribution is -2.16. The standard InChI is InChI=1S/C9H11NO/c11-9-5-6-10-8-4-2-1-3-7(8)9/h5-6H,1-4H2,(H,10,11). The number of H-pyrrole nitrogens is 1. The smallest absolute Gasteiger partial charge is 0.184 e. The number of rotatable bonds is 0. The first-order valence-corrected chi connectivity index (χ1v) is 4.07. The molecule has 0 aliphatic heterocycles. The van der Waals surface area contributed by atoms with E-state index in [9.17, 15) is 4.79 Å². The topological polar surface area (TPSA) is 32.9 Å². The second-order valence-electron chi connectivity index (χ2n) is 3.01. The van der Waals surface area contributed by atoms with Gasteiger partial charge in [0.1, 0.15) is 0 Å². The van der Waals surface area contributed by atoms with Crippen LogP contribution >= 0.6 is 0 Å². The van der Waals surface area contributed by atoms with E-state index in [0.717, 1.165) is 24.1 Å². The van der Waals surface area contributed by atoms with E-state index in [0.29, 0.717) is 0 Å². The zero-order valence-corrected chi connectivity index (χ0v) is 6.39. The number of fused-ring (bicyclic) bond motifs is 1. The summed E-state index contributed by atoms with van der Waals surface area (Å²) < 4.78 is 0. The van der Waals surface area contributed by atoms with Gasteiger partial charge >= 0.3 is 0 Å². The predicted octanol–water partition coefficient (Wildman–Crippen LogP) is 1.25. The lowest BCUT2D eigenvalue weighted by atomic mass is 9.96. The third kappa shape index (κ3) is 1.09. The van der Waals surface area contributed by atoms with Crippen LogP contribution in [0.3, 0.4) is 0 Å². The van der Waals surface area contributed by atoms with E-state index in [4.69, 9.17) is 0 Å². The molecule has 2 rings (SSSR count). The van der Waals surface area contributed by atoms with Gasteiger partial charge in [-0.1, -0.05) is 0 Å². The van der Waals surface area contributed by atoms with Crippen LogP contribution in [0.5, 0.6) is 0 Å². The largest absolute Gasteiger partial charge is 0.365 e.